The van der Waals surface area contributed by atoms with Gasteiger partial charge < -0.3 is 20.2 Å². The number of nitrogens with one attached hydrogen (secondary N) is 1. The van der Waals surface area contributed by atoms with Gasteiger partial charge in [0.1, 0.15) is 0 Å². The van der Waals surface area contributed by atoms with Gasteiger partial charge >= 0.3 is 6.03 Å². The molecule has 2 N–H and O–H groups in total. The summed E-state index contributed by atoms with van der Waals surface area (Å²) in [6.45, 7) is 4.17. The first kappa shape index (κ1) is 12.3. The molecule has 5 nitrogen and oxygen atoms in total. The summed E-state index contributed by atoms with van der Waals surface area (Å²) >= 11 is 0. The molecule has 1 rings (SSSR count). The lowest BCUT2D eigenvalue weighted by Crippen LogP contribution is -2.54. The summed E-state index contributed by atoms with van der Waals surface area (Å²) in [5.41, 5.74) is -0.849. The van der Waals surface area contributed by atoms with Crippen LogP contribution in [0, 0.1) is 0 Å². The Kier molecular flexibility index (Phi) is 3.93. The van der Waals surface area contributed by atoms with Crippen LogP contribution in [0.5, 0.6) is 0 Å². The predicted octanol–water partition coefficient (Wildman–Crippen LogP) is -0.286. The second-order valence-corrected chi connectivity index (χ2v) is 4.74. The molecule has 1 atom stereocenters. The molecule has 0 aromatic carbocycles. The van der Waals surface area contributed by atoms with Crippen molar-refractivity contribution in [2.24, 2.45) is 0 Å². The zero-order chi connectivity index (χ0) is 11.5. The van der Waals surface area contributed by atoms with Crippen molar-refractivity contribution in [1.29, 1.82) is 0 Å². The summed E-state index contributed by atoms with van der Waals surface area (Å²) in [7, 11) is 3.81. The molecule has 0 radical (unpaired) electrons. The highest BCUT2D eigenvalue weighted by molar-refractivity contribution is 5.74. The number of aliphatic hydroxyl groups is 1. The Balaban J connectivity index is 2.47. The van der Waals surface area contributed by atoms with E-state index in [4.69, 9.17) is 0 Å². The number of hydrogen-bond acceptors (Lipinski definition) is 3. The molecular weight excluding hydrogens is 194 g/mol. The number of carbonyl (C=O) groups excluding carboxylic acids is 1. The van der Waals surface area contributed by atoms with Gasteiger partial charge in [-0.05, 0) is 27.4 Å². The van der Waals surface area contributed by atoms with Crippen LogP contribution in [0.25, 0.3) is 0 Å². The summed E-state index contributed by atoms with van der Waals surface area (Å²) in [6, 6.07) is -0.0692. The normalized spacial score (nSPS) is 21.4. The fraction of sp³-hybridized carbons (Fsp3) is 0.900. The van der Waals surface area contributed by atoms with Gasteiger partial charge in [-0.1, -0.05) is 0 Å². The summed E-state index contributed by atoms with van der Waals surface area (Å²) in [5, 5.41) is 12.9. The molecule has 5 heteroatoms. The molecule has 2 amide bonds. The summed E-state index contributed by atoms with van der Waals surface area (Å²) < 4.78 is 0. The topological polar surface area (TPSA) is 55.8 Å². The van der Waals surface area contributed by atoms with Gasteiger partial charge in [0.2, 0.25) is 0 Å². The minimum atomic E-state index is -0.849. The van der Waals surface area contributed by atoms with Crippen LogP contribution in [0.3, 0.4) is 0 Å². The second kappa shape index (κ2) is 4.81. The van der Waals surface area contributed by atoms with E-state index in [9.17, 15) is 9.90 Å². The molecule has 1 heterocycles. The monoisotopic (exact) mass is 215 g/mol. The van der Waals surface area contributed by atoms with Crippen LogP contribution in [-0.4, -0.2) is 66.8 Å². The van der Waals surface area contributed by atoms with Crippen LogP contribution in [0.1, 0.15) is 13.3 Å². The molecule has 15 heavy (non-hydrogen) atoms. The van der Waals surface area contributed by atoms with Gasteiger partial charge in [-0.3, -0.25) is 0 Å². The predicted molar refractivity (Wildman–Crippen MR) is 58.8 cm³/mol. The number of urea groups is 1. The maximum atomic E-state index is 11.4. The molecule has 1 unspecified atom stereocenters. The van der Waals surface area contributed by atoms with Gasteiger partial charge in [0, 0.05) is 19.6 Å². The van der Waals surface area contributed by atoms with Crippen molar-refractivity contribution in [3.05, 3.63) is 0 Å². The number of amides is 2. The summed E-state index contributed by atoms with van der Waals surface area (Å²) in [4.78, 5) is 15.0. The van der Waals surface area contributed by atoms with Gasteiger partial charge in [0.15, 0.2) is 0 Å². The Labute approximate surface area is 91.0 Å². The minimum Gasteiger partial charge on any atom is -0.387 e. The summed E-state index contributed by atoms with van der Waals surface area (Å²) in [6.07, 6.45) is 0.948. The zero-order valence-corrected chi connectivity index (χ0v) is 9.79. The highest BCUT2D eigenvalue weighted by atomic mass is 16.3. The Morgan fingerprint density at radius 1 is 1.60 bits per heavy atom. The molecule has 0 aromatic rings. The lowest BCUT2D eigenvalue weighted by molar-refractivity contribution is 0.00691. The van der Waals surface area contributed by atoms with Crippen LogP contribution >= 0.6 is 0 Å². The molecule has 0 saturated carbocycles. The smallest absolute Gasteiger partial charge is 0.317 e. The van der Waals surface area contributed by atoms with E-state index in [1.54, 1.807) is 11.8 Å². The fourth-order valence-corrected chi connectivity index (χ4v) is 1.97. The quantitative estimate of drug-likeness (QED) is 0.678. The Hall–Kier alpha value is -0.810. The van der Waals surface area contributed by atoms with Crippen LogP contribution in [0.4, 0.5) is 4.79 Å². The maximum Gasteiger partial charge on any atom is 0.317 e. The Morgan fingerprint density at radius 3 is 2.80 bits per heavy atom. The molecule has 1 aliphatic heterocycles. The molecule has 1 aliphatic rings. The fourth-order valence-electron chi connectivity index (χ4n) is 1.97. The van der Waals surface area contributed by atoms with Crippen LogP contribution in [0.15, 0.2) is 0 Å². The first-order valence-electron chi connectivity index (χ1n) is 5.31. The number of hydrogen-bond donors (Lipinski definition) is 2. The van der Waals surface area contributed by atoms with E-state index in [0.29, 0.717) is 13.1 Å². The minimum absolute atomic E-state index is 0.0692. The van der Waals surface area contributed by atoms with E-state index in [2.05, 4.69) is 5.32 Å². The first-order chi connectivity index (χ1) is 6.91. The third-order valence-electron chi connectivity index (χ3n) is 2.36. The van der Waals surface area contributed by atoms with Crippen molar-refractivity contribution < 1.29 is 9.90 Å². The van der Waals surface area contributed by atoms with Gasteiger partial charge in [-0.2, -0.15) is 0 Å². The lowest BCUT2D eigenvalue weighted by Gasteiger charge is -2.35. The Bertz CT molecular complexity index is 229. The molecular formula is C10H21N3O2. The van der Waals surface area contributed by atoms with Crippen LogP contribution in [0.2, 0.25) is 0 Å². The molecule has 1 fully saturated rings. The lowest BCUT2D eigenvalue weighted by atomic mass is 10.1. The number of rotatable bonds is 4. The molecule has 0 spiro atoms. The molecule has 0 bridgehead atoms. The van der Waals surface area contributed by atoms with Gasteiger partial charge in [-0.25, -0.2) is 4.79 Å². The van der Waals surface area contributed by atoms with E-state index in [1.165, 1.54) is 0 Å². The largest absolute Gasteiger partial charge is 0.387 e. The number of nitrogens with zero attached hydrogens (tertiary/aromatic N) is 2. The third-order valence-corrected chi connectivity index (χ3v) is 2.36. The van der Waals surface area contributed by atoms with E-state index >= 15 is 0 Å². The average Bonchev–Trinajstić information content (AvgIpc) is 2.06. The molecule has 0 aromatic heterocycles. The van der Waals surface area contributed by atoms with Crippen LogP contribution < -0.4 is 5.32 Å². The maximum absolute atomic E-state index is 11.4. The van der Waals surface area contributed by atoms with Crippen LogP contribution in [-0.2, 0) is 0 Å². The van der Waals surface area contributed by atoms with Gasteiger partial charge in [-0.15, -0.1) is 0 Å². The van der Waals surface area contributed by atoms with Crippen molar-refractivity contribution >= 4 is 6.03 Å². The van der Waals surface area contributed by atoms with E-state index in [-0.39, 0.29) is 6.03 Å². The van der Waals surface area contributed by atoms with Crippen molar-refractivity contribution in [2.75, 3.05) is 40.3 Å². The SMILES string of the molecule is CN(C)CC(C)(O)CN1CCCNC1=O. The van der Waals surface area contributed by atoms with Gasteiger partial charge in [0.05, 0.1) is 12.1 Å². The zero-order valence-electron chi connectivity index (χ0n) is 9.79. The molecule has 1 saturated heterocycles. The first-order valence-corrected chi connectivity index (χ1v) is 5.31. The molecule has 88 valence electrons. The standard InChI is InChI=1S/C10H21N3O2/c1-10(15,7-12(2)3)8-13-6-4-5-11-9(13)14/h15H,4-8H2,1-3H3,(H,11,14). The van der Waals surface area contributed by atoms with E-state index in [1.807, 2.05) is 19.0 Å². The average molecular weight is 215 g/mol. The van der Waals surface area contributed by atoms with Crippen molar-refractivity contribution in [1.82, 2.24) is 15.1 Å². The highest BCUT2D eigenvalue weighted by Gasteiger charge is 2.28. The van der Waals surface area contributed by atoms with Crippen molar-refractivity contribution in [3.63, 3.8) is 0 Å². The van der Waals surface area contributed by atoms with E-state index < -0.39 is 5.60 Å². The summed E-state index contributed by atoms with van der Waals surface area (Å²) in [5.74, 6) is 0. The number of carbonyl (C=O) groups is 1. The third kappa shape index (κ3) is 4.05. The van der Waals surface area contributed by atoms with E-state index in [0.717, 1.165) is 19.5 Å². The van der Waals surface area contributed by atoms with Gasteiger partial charge in [0.25, 0.3) is 0 Å². The van der Waals surface area contributed by atoms with Crippen molar-refractivity contribution in [2.45, 2.75) is 18.9 Å². The highest BCUT2D eigenvalue weighted by Crippen LogP contribution is 2.10. The Morgan fingerprint density at radius 2 is 2.27 bits per heavy atom. The number of β-amino-alcohol motifs (C(OH)–C–C–N with tert-alkyl or cyclic N) is 1. The second-order valence-electron chi connectivity index (χ2n) is 4.74. The molecule has 0 aliphatic carbocycles. The van der Waals surface area contributed by atoms with Crippen molar-refractivity contribution in [3.8, 4) is 0 Å². The number of likely N-dealkylation sites (N-methyl/N-ethyl adjacent to an activating group) is 1.